The van der Waals surface area contributed by atoms with Gasteiger partial charge in [0.25, 0.3) is 0 Å². The van der Waals surface area contributed by atoms with Gasteiger partial charge in [-0.15, -0.1) is 0 Å². The van der Waals surface area contributed by atoms with Gasteiger partial charge in [0.1, 0.15) is 0 Å². The molecular weight excluding hydrogens is 218 g/mol. The Kier molecular flexibility index (Phi) is 4.12. The van der Waals surface area contributed by atoms with Gasteiger partial charge < -0.3 is 15.5 Å². The molecule has 0 aliphatic rings. The molecule has 4 nitrogen and oxygen atoms in total. The zero-order chi connectivity index (χ0) is 13.1. The Balaban J connectivity index is 2.88. The summed E-state index contributed by atoms with van der Waals surface area (Å²) >= 11 is 0. The molecule has 0 aliphatic carbocycles. The van der Waals surface area contributed by atoms with E-state index < -0.39 is 5.97 Å². The lowest BCUT2D eigenvalue weighted by Gasteiger charge is -2.27. The summed E-state index contributed by atoms with van der Waals surface area (Å²) in [6.07, 6.45) is 0.632. The van der Waals surface area contributed by atoms with Crippen LogP contribution in [0.25, 0.3) is 0 Å². The normalized spacial score (nSPS) is 11.3. The van der Waals surface area contributed by atoms with Crippen molar-refractivity contribution in [1.29, 1.82) is 0 Å². The lowest BCUT2D eigenvalue weighted by molar-refractivity contribution is 0.0696. The van der Waals surface area contributed by atoms with Crippen molar-refractivity contribution in [2.45, 2.75) is 32.7 Å². The maximum Gasteiger partial charge on any atom is 0.335 e. The summed E-state index contributed by atoms with van der Waals surface area (Å²) in [5.41, 5.74) is 1.69. The van der Waals surface area contributed by atoms with Crippen LogP contribution in [-0.2, 0) is 0 Å². The molecule has 94 valence electrons. The summed E-state index contributed by atoms with van der Waals surface area (Å²) in [5.74, 6) is -0.913. The fourth-order valence-electron chi connectivity index (χ4n) is 1.71. The first-order valence-corrected chi connectivity index (χ1v) is 5.59. The highest BCUT2D eigenvalue weighted by Crippen LogP contribution is 2.20. The molecule has 0 heterocycles. The number of aromatic carboxylic acids is 1. The topological polar surface area (TPSA) is 69.6 Å². The number of nitrogens with one attached hydrogen (secondary N) is 1. The van der Waals surface area contributed by atoms with Gasteiger partial charge in [0.15, 0.2) is 0 Å². The molecular formula is C13H19NO3. The third-order valence-corrected chi connectivity index (χ3v) is 2.68. The van der Waals surface area contributed by atoms with E-state index >= 15 is 0 Å². The van der Waals surface area contributed by atoms with Crippen molar-refractivity contribution in [3.05, 3.63) is 29.3 Å². The maximum absolute atomic E-state index is 10.9. The smallest absolute Gasteiger partial charge is 0.335 e. The molecule has 0 bridgehead atoms. The molecule has 17 heavy (non-hydrogen) atoms. The minimum absolute atomic E-state index is 0.117. The number of carboxylic acid groups (broad SMARTS) is 1. The first-order chi connectivity index (χ1) is 7.85. The number of benzene rings is 1. The zero-order valence-corrected chi connectivity index (χ0v) is 10.4. The molecule has 4 heteroatoms. The average Bonchev–Trinajstić information content (AvgIpc) is 2.15. The van der Waals surface area contributed by atoms with Crippen LogP contribution in [0.4, 0.5) is 5.69 Å². The highest BCUT2D eigenvalue weighted by atomic mass is 16.4. The Bertz CT molecular complexity index is 413. The number of aliphatic hydroxyl groups excluding tert-OH is 1. The molecule has 3 N–H and O–H groups in total. The van der Waals surface area contributed by atoms with Gasteiger partial charge in [-0.25, -0.2) is 4.79 Å². The van der Waals surface area contributed by atoms with Gasteiger partial charge in [-0.05, 0) is 51.0 Å². The van der Waals surface area contributed by atoms with Crippen LogP contribution in [0.2, 0.25) is 0 Å². The number of hydrogen-bond acceptors (Lipinski definition) is 3. The molecule has 1 rings (SSSR count). The van der Waals surface area contributed by atoms with Gasteiger partial charge in [0.05, 0.1) is 5.56 Å². The minimum Gasteiger partial charge on any atom is -0.478 e. The molecule has 0 saturated heterocycles. The van der Waals surface area contributed by atoms with Gasteiger partial charge in [-0.2, -0.15) is 0 Å². The number of hydrogen-bond donors (Lipinski definition) is 3. The van der Waals surface area contributed by atoms with Crippen LogP contribution in [0.5, 0.6) is 0 Å². The number of carbonyl (C=O) groups is 1. The van der Waals surface area contributed by atoms with E-state index in [2.05, 4.69) is 5.32 Å². The molecule has 1 aromatic carbocycles. The van der Waals surface area contributed by atoms with Gasteiger partial charge in [0.2, 0.25) is 0 Å². The summed E-state index contributed by atoms with van der Waals surface area (Å²) in [5, 5.41) is 21.1. The van der Waals surface area contributed by atoms with Gasteiger partial charge >= 0.3 is 5.97 Å². The van der Waals surface area contributed by atoms with Crippen LogP contribution in [0.3, 0.4) is 0 Å². The summed E-state index contributed by atoms with van der Waals surface area (Å²) in [6.45, 7) is 5.87. The summed E-state index contributed by atoms with van der Waals surface area (Å²) in [6, 6.07) is 5.15. The number of rotatable bonds is 5. The second-order valence-electron chi connectivity index (χ2n) is 4.82. The zero-order valence-electron chi connectivity index (χ0n) is 10.4. The van der Waals surface area contributed by atoms with Crippen molar-refractivity contribution in [2.75, 3.05) is 11.9 Å². The largest absolute Gasteiger partial charge is 0.478 e. The number of anilines is 1. The van der Waals surface area contributed by atoms with E-state index in [9.17, 15) is 4.79 Å². The second kappa shape index (κ2) is 5.19. The lowest BCUT2D eigenvalue weighted by Crippen LogP contribution is -2.31. The molecule has 0 aromatic heterocycles. The van der Waals surface area contributed by atoms with E-state index in [4.69, 9.17) is 10.2 Å². The molecule has 0 radical (unpaired) electrons. The highest BCUT2D eigenvalue weighted by molar-refractivity contribution is 5.89. The summed E-state index contributed by atoms with van der Waals surface area (Å²) < 4.78 is 0. The first kappa shape index (κ1) is 13.5. The van der Waals surface area contributed by atoms with Gasteiger partial charge in [-0.1, -0.05) is 0 Å². The van der Waals surface area contributed by atoms with Crippen molar-refractivity contribution in [3.8, 4) is 0 Å². The molecule has 0 spiro atoms. The van der Waals surface area contributed by atoms with Crippen molar-refractivity contribution in [1.82, 2.24) is 0 Å². The van der Waals surface area contributed by atoms with Crippen LogP contribution in [-0.4, -0.2) is 28.3 Å². The maximum atomic E-state index is 10.9. The standard InChI is InChI=1S/C13H19NO3/c1-9-8-10(4-5-11(9)12(16)17)14-13(2,3)6-7-15/h4-5,8,14-15H,6-7H2,1-3H3,(H,16,17). The fourth-order valence-corrected chi connectivity index (χ4v) is 1.71. The van der Waals surface area contributed by atoms with E-state index in [1.165, 1.54) is 0 Å². The van der Waals surface area contributed by atoms with Gasteiger partial charge in [-0.3, -0.25) is 0 Å². The Morgan fingerprint density at radius 1 is 1.41 bits per heavy atom. The number of aliphatic hydroxyl groups is 1. The van der Waals surface area contributed by atoms with E-state index in [-0.39, 0.29) is 12.1 Å². The van der Waals surface area contributed by atoms with Crippen LogP contribution < -0.4 is 5.32 Å². The van der Waals surface area contributed by atoms with E-state index in [1.807, 2.05) is 19.9 Å². The Labute approximate surface area is 101 Å². The molecule has 0 atom stereocenters. The highest BCUT2D eigenvalue weighted by Gasteiger charge is 2.17. The van der Waals surface area contributed by atoms with Crippen molar-refractivity contribution in [2.24, 2.45) is 0 Å². The van der Waals surface area contributed by atoms with Crippen molar-refractivity contribution in [3.63, 3.8) is 0 Å². The third-order valence-electron chi connectivity index (χ3n) is 2.68. The van der Waals surface area contributed by atoms with Crippen molar-refractivity contribution >= 4 is 11.7 Å². The molecule has 0 fully saturated rings. The number of carboxylic acids is 1. The fraction of sp³-hybridized carbons (Fsp3) is 0.462. The Hall–Kier alpha value is -1.55. The minimum atomic E-state index is -0.913. The molecule has 1 aromatic rings. The van der Waals surface area contributed by atoms with Crippen LogP contribution >= 0.6 is 0 Å². The van der Waals surface area contributed by atoms with E-state index in [1.54, 1.807) is 19.1 Å². The summed E-state index contributed by atoms with van der Waals surface area (Å²) in [7, 11) is 0. The van der Waals surface area contributed by atoms with E-state index in [0.717, 1.165) is 11.3 Å². The van der Waals surface area contributed by atoms with E-state index in [0.29, 0.717) is 12.0 Å². The first-order valence-electron chi connectivity index (χ1n) is 5.59. The predicted molar refractivity (Wildman–Crippen MR) is 67.5 cm³/mol. The third kappa shape index (κ3) is 3.75. The Morgan fingerprint density at radius 3 is 2.53 bits per heavy atom. The van der Waals surface area contributed by atoms with Crippen molar-refractivity contribution < 1.29 is 15.0 Å². The monoisotopic (exact) mass is 237 g/mol. The number of aryl methyl sites for hydroxylation is 1. The molecule has 0 aliphatic heterocycles. The van der Waals surface area contributed by atoms with Gasteiger partial charge in [0, 0.05) is 17.8 Å². The lowest BCUT2D eigenvalue weighted by atomic mass is 10.00. The van der Waals surface area contributed by atoms with Crippen LogP contribution in [0.15, 0.2) is 18.2 Å². The SMILES string of the molecule is Cc1cc(NC(C)(C)CCO)ccc1C(=O)O. The second-order valence-corrected chi connectivity index (χ2v) is 4.82. The molecule has 0 saturated carbocycles. The Morgan fingerprint density at radius 2 is 2.06 bits per heavy atom. The van der Waals surface area contributed by atoms with Crippen LogP contribution in [0.1, 0.15) is 36.2 Å². The van der Waals surface area contributed by atoms with Crippen LogP contribution in [0, 0.1) is 6.92 Å². The average molecular weight is 237 g/mol. The summed E-state index contributed by atoms with van der Waals surface area (Å²) in [4.78, 5) is 10.9. The quantitative estimate of drug-likeness (QED) is 0.734. The molecule has 0 unspecified atom stereocenters. The molecule has 0 amide bonds. The predicted octanol–water partition coefficient (Wildman–Crippen LogP) is 2.27.